The first-order valence-corrected chi connectivity index (χ1v) is 9.99. The van der Waals surface area contributed by atoms with Gasteiger partial charge < -0.3 is 15.4 Å². The first-order chi connectivity index (χ1) is 10.6. The van der Waals surface area contributed by atoms with Crippen molar-refractivity contribution in [1.82, 2.24) is 10.6 Å². The molecule has 1 amide bonds. The highest BCUT2D eigenvalue weighted by Gasteiger charge is 2.26. The summed E-state index contributed by atoms with van der Waals surface area (Å²) in [6.07, 6.45) is 4.49. The third-order valence-corrected chi connectivity index (χ3v) is 4.69. The van der Waals surface area contributed by atoms with Crippen LogP contribution in [0.3, 0.4) is 0 Å². The molecule has 0 aromatic carbocycles. The van der Waals surface area contributed by atoms with Gasteiger partial charge >= 0.3 is 6.09 Å². The van der Waals surface area contributed by atoms with Crippen molar-refractivity contribution in [1.29, 1.82) is 0 Å². The number of ether oxygens (including phenoxy) is 1. The Morgan fingerprint density at radius 3 is 2.52 bits per heavy atom. The molecule has 0 aromatic heterocycles. The molecule has 1 rings (SSSR count). The van der Waals surface area contributed by atoms with Gasteiger partial charge in [0.15, 0.2) is 0 Å². The Labute approximate surface area is 139 Å². The highest BCUT2D eigenvalue weighted by atomic mass is 32.2. The van der Waals surface area contributed by atoms with E-state index in [9.17, 15) is 13.2 Å². The number of nitrogens with one attached hydrogen (secondary N) is 2. The monoisotopic (exact) mass is 349 g/mol. The zero-order valence-corrected chi connectivity index (χ0v) is 15.2. The van der Waals surface area contributed by atoms with E-state index in [2.05, 4.69) is 10.6 Å². The minimum Gasteiger partial charge on any atom is -0.444 e. The van der Waals surface area contributed by atoms with Crippen LogP contribution in [0, 0.1) is 5.92 Å². The Morgan fingerprint density at radius 2 is 1.91 bits per heavy atom. The van der Waals surface area contributed by atoms with Crippen molar-refractivity contribution in [2.45, 2.75) is 64.5 Å². The van der Waals surface area contributed by atoms with Gasteiger partial charge in [0, 0.05) is 12.6 Å². The summed E-state index contributed by atoms with van der Waals surface area (Å²) in [4.78, 5) is 11.7. The smallest absolute Gasteiger partial charge is 0.407 e. The van der Waals surface area contributed by atoms with Crippen molar-refractivity contribution in [2.24, 2.45) is 11.1 Å². The third-order valence-electron chi connectivity index (χ3n) is 3.83. The molecular weight excluding hydrogens is 318 g/mol. The summed E-state index contributed by atoms with van der Waals surface area (Å²) in [6, 6.07) is 0.291. The Hall–Kier alpha value is -0.860. The van der Waals surface area contributed by atoms with Gasteiger partial charge in [0.25, 0.3) is 0 Å². The lowest BCUT2D eigenvalue weighted by atomic mass is 9.84. The van der Waals surface area contributed by atoms with E-state index in [1.165, 1.54) is 0 Å². The topological polar surface area (TPSA) is 111 Å². The summed E-state index contributed by atoms with van der Waals surface area (Å²) in [7, 11) is -3.39. The van der Waals surface area contributed by atoms with Crippen LogP contribution in [0.5, 0.6) is 0 Å². The number of amides is 1. The summed E-state index contributed by atoms with van der Waals surface area (Å²) in [5.74, 6) is 0.332. The van der Waals surface area contributed by atoms with Crippen LogP contribution in [0.4, 0.5) is 4.79 Å². The van der Waals surface area contributed by atoms with Gasteiger partial charge in [-0.1, -0.05) is 12.8 Å². The van der Waals surface area contributed by atoms with Crippen molar-refractivity contribution in [3.8, 4) is 0 Å². The standard InChI is InChI=1S/C15H31N3O4S/c1-15(2,3)22-14(19)18-11-12-7-4-5-8-13(12)17-9-6-10-23(16,20)21/h12-13,17H,4-11H2,1-3H3,(H,18,19)(H2,16,20,21). The Kier molecular flexibility index (Phi) is 7.76. The predicted molar refractivity (Wildman–Crippen MR) is 90.6 cm³/mol. The zero-order chi connectivity index (χ0) is 17.5. The SMILES string of the molecule is CC(C)(C)OC(=O)NCC1CCCCC1NCCCS(N)(=O)=O. The van der Waals surface area contributed by atoms with Gasteiger partial charge in [-0.25, -0.2) is 18.4 Å². The Balaban J connectivity index is 2.35. The quantitative estimate of drug-likeness (QED) is 0.601. The first-order valence-electron chi connectivity index (χ1n) is 8.27. The molecule has 0 radical (unpaired) electrons. The van der Waals surface area contributed by atoms with Gasteiger partial charge in [-0.15, -0.1) is 0 Å². The van der Waals surface area contributed by atoms with Crippen LogP contribution < -0.4 is 15.8 Å². The molecule has 7 nitrogen and oxygen atoms in total. The van der Waals surface area contributed by atoms with Crippen LogP contribution in [-0.2, 0) is 14.8 Å². The van der Waals surface area contributed by atoms with Crippen LogP contribution >= 0.6 is 0 Å². The van der Waals surface area contributed by atoms with E-state index in [0.29, 0.717) is 31.5 Å². The van der Waals surface area contributed by atoms with E-state index in [4.69, 9.17) is 9.88 Å². The van der Waals surface area contributed by atoms with Gasteiger partial charge in [-0.2, -0.15) is 0 Å². The molecule has 0 aliphatic heterocycles. The molecule has 23 heavy (non-hydrogen) atoms. The van der Waals surface area contributed by atoms with Crippen molar-refractivity contribution in [3.63, 3.8) is 0 Å². The summed E-state index contributed by atoms with van der Waals surface area (Å²) in [6.45, 7) is 6.70. The molecule has 1 saturated carbocycles. The molecule has 1 fully saturated rings. The van der Waals surface area contributed by atoms with Crippen molar-refractivity contribution < 1.29 is 17.9 Å². The van der Waals surface area contributed by atoms with Crippen molar-refractivity contribution in [2.75, 3.05) is 18.8 Å². The number of nitrogens with two attached hydrogens (primary N) is 1. The minimum atomic E-state index is -3.39. The van der Waals surface area contributed by atoms with Gasteiger partial charge in [0.05, 0.1) is 5.75 Å². The molecule has 2 atom stereocenters. The number of alkyl carbamates (subject to hydrolysis) is 1. The second kappa shape index (κ2) is 8.84. The number of rotatable bonds is 7. The summed E-state index contributed by atoms with van der Waals surface area (Å²) in [5, 5.41) is 11.2. The molecule has 4 N–H and O–H groups in total. The number of carbonyl (C=O) groups is 1. The fourth-order valence-electron chi connectivity index (χ4n) is 2.81. The number of hydrogen-bond acceptors (Lipinski definition) is 5. The van der Waals surface area contributed by atoms with E-state index in [1.54, 1.807) is 0 Å². The lowest BCUT2D eigenvalue weighted by Gasteiger charge is -2.32. The highest BCUT2D eigenvalue weighted by Crippen LogP contribution is 2.24. The van der Waals surface area contributed by atoms with Gasteiger partial charge in [0.2, 0.25) is 10.0 Å². The predicted octanol–water partition coefficient (Wildman–Crippen LogP) is 1.34. The molecule has 8 heteroatoms. The summed E-state index contributed by atoms with van der Waals surface area (Å²) < 4.78 is 27.1. The summed E-state index contributed by atoms with van der Waals surface area (Å²) in [5.41, 5.74) is -0.498. The molecule has 0 heterocycles. The van der Waals surface area contributed by atoms with E-state index >= 15 is 0 Å². The third kappa shape index (κ3) is 9.78. The first kappa shape index (κ1) is 20.2. The van der Waals surface area contributed by atoms with Gasteiger partial charge in [0.1, 0.15) is 5.60 Å². The Bertz CT molecular complexity index is 474. The molecule has 2 unspecified atom stereocenters. The normalized spacial score (nSPS) is 22.6. The van der Waals surface area contributed by atoms with Gasteiger partial charge in [-0.05, 0) is 52.5 Å². The van der Waals surface area contributed by atoms with Crippen LogP contribution in [0.2, 0.25) is 0 Å². The maximum absolute atomic E-state index is 11.7. The number of sulfonamides is 1. The van der Waals surface area contributed by atoms with Gasteiger partial charge in [-0.3, -0.25) is 0 Å². The second-order valence-corrected chi connectivity index (χ2v) is 8.94. The Morgan fingerprint density at radius 1 is 1.26 bits per heavy atom. The molecular formula is C15H31N3O4S. The minimum absolute atomic E-state index is 0.00640. The van der Waals surface area contributed by atoms with Crippen molar-refractivity contribution >= 4 is 16.1 Å². The largest absolute Gasteiger partial charge is 0.444 e. The molecule has 1 aliphatic rings. The number of hydrogen-bond donors (Lipinski definition) is 3. The molecule has 0 saturated heterocycles. The summed E-state index contributed by atoms with van der Waals surface area (Å²) >= 11 is 0. The van der Waals surface area contributed by atoms with E-state index < -0.39 is 21.7 Å². The highest BCUT2D eigenvalue weighted by molar-refractivity contribution is 7.89. The maximum atomic E-state index is 11.7. The average molecular weight is 349 g/mol. The fourth-order valence-corrected chi connectivity index (χ4v) is 3.36. The zero-order valence-electron chi connectivity index (χ0n) is 14.4. The lowest BCUT2D eigenvalue weighted by molar-refractivity contribution is 0.0510. The van der Waals surface area contributed by atoms with Crippen LogP contribution in [-0.4, -0.2) is 45.0 Å². The second-order valence-electron chi connectivity index (χ2n) is 7.21. The molecule has 0 spiro atoms. The molecule has 0 aromatic rings. The number of carbonyl (C=O) groups excluding carboxylic acids is 1. The lowest BCUT2D eigenvalue weighted by Crippen LogP contribution is -2.45. The van der Waals surface area contributed by atoms with E-state index in [1.807, 2.05) is 20.8 Å². The average Bonchev–Trinajstić information content (AvgIpc) is 2.39. The number of primary sulfonamides is 1. The van der Waals surface area contributed by atoms with E-state index in [-0.39, 0.29) is 5.75 Å². The van der Waals surface area contributed by atoms with Crippen LogP contribution in [0.15, 0.2) is 0 Å². The van der Waals surface area contributed by atoms with Crippen molar-refractivity contribution in [3.05, 3.63) is 0 Å². The molecule has 1 aliphatic carbocycles. The molecule has 136 valence electrons. The maximum Gasteiger partial charge on any atom is 0.407 e. The van der Waals surface area contributed by atoms with Crippen LogP contribution in [0.25, 0.3) is 0 Å². The van der Waals surface area contributed by atoms with E-state index in [0.717, 1.165) is 25.7 Å². The fraction of sp³-hybridized carbons (Fsp3) is 0.933. The molecule has 0 bridgehead atoms. The van der Waals surface area contributed by atoms with Crippen LogP contribution in [0.1, 0.15) is 52.9 Å².